The van der Waals surface area contributed by atoms with Gasteiger partial charge < -0.3 is 30.7 Å². The number of hydrogen-bond acceptors (Lipinski definition) is 10. The van der Waals surface area contributed by atoms with Crippen LogP contribution < -0.4 is 32.3 Å². The number of nitrogens with one attached hydrogen (secondary N) is 6. The van der Waals surface area contributed by atoms with Gasteiger partial charge in [-0.05, 0) is 77.7 Å². The molecule has 5 fully saturated rings. The quantitative estimate of drug-likeness (QED) is 0.211. The number of carboxylic acids is 1. The highest BCUT2D eigenvalue weighted by atomic mass is 16.6. The highest BCUT2D eigenvalue weighted by Crippen LogP contribution is 2.45. The molecule has 0 aromatic rings. The van der Waals surface area contributed by atoms with Gasteiger partial charge in [0, 0.05) is 24.9 Å². The third-order valence-electron chi connectivity index (χ3n) is 11.5. The number of rotatable bonds is 5. The van der Waals surface area contributed by atoms with Gasteiger partial charge in [-0.25, -0.2) is 20.4 Å². The Morgan fingerprint density at radius 1 is 0.980 bits per heavy atom. The number of hydrazine groups is 3. The number of piperidine rings is 1. The minimum absolute atomic E-state index is 0.0302. The lowest BCUT2D eigenvalue weighted by atomic mass is 9.74. The van der Waals surface area contributed by atoms with Crippen LogP contribution in [0.1, 0.15) is 104 Å². The first-order valence-corrected chi connectivity index (χ1v) is 18.7. The van der Waals surface area contributed by atoms with E-state index in [0.29, 0.717) is 31.1 Å². The Balaban J connectivity index is 1.18. The molecule has 14 heteroatoms. The minimum atomic E-state index is -1.38. The van der Waals surface area contributed by atoms with Crippen LogP contribution >= 0.6 is 0 Å². The molecule has 0 aromatic heterocycles. The average Bonchev–Trinajstić information content (AvgIpc) is 3.38. The summed E-state index contributed by atoms with van der Waals surface area (Å²) in [7, 11) is 0. The number of carbonyl (C=O) groups is 4. The summed E-state index contributed by atoms with van der Waals surface area (Å²) in [6.07, 6.45) is 15.1. The van der Waals surface area contributed by atoms with E-state index >= 15 is 0 Å². The Morgan fingerprint density at radius 2 is 1.71 bits per heavy atom. The zero-order valence-electron chi connectivity index (χ0n) is 29.5. The molecule has 2 aliphatic carbocycles. The lowest BCUT2D eigenvalue weighted by Gasteiger charge is -2.38. The SMILES string of the molecule is CC(C)(C)OC(=O)N[C@H]1CCCCC/C=C\[C@@H]2C[C@@]2(C(=O)O)NC(=O)[C@@H]2C[C@@H](N3NNC(C4CNCC(C5CCCCC5)C4)N3)CN2C1=O. The van der Waals surface area contributed by atoms with Gasteiger partial charge in [0.1, 0.15) is 23.2 Å². The van der Waals surface area contributed by atoms with E-state index < -0.39 is 41.2 Å². The van der Waals surface area contributed by atoms with Crippen molar-refractivity contribution >= 4 is 23.9 Å². The Hall–Kier alpha value is -2.78. The molecule has 274 valence electrons. The van der Waals surface area contributed by atoms with Crippen LogP contribution in [0.25, 0.3) is 0 Å². The maximum absolute atomic E-state index is 14.3. The Labute approximate surface area is 290 Å². The number of fused-ring (bicyclic) bond motifs is 2. The van der Waals surface area contributed by atoms with Crippen LogP contribution in [0.15, 0.2) is 12.2 Å². The lowest BCUT2D eigenvalue weighted by Crippen LogP contribution is -2.56. The van der Waals surface area contributed by atoms with Crippen molar-refractivity contribution in [3.8, 4) is 0 Å². The summed E-state index contributed by atoms with van der Waals surface area (Å²) in [6.45, 7) is 7.48. The molecule has 3 unspecified atom stereocenters. The van der Waals surface area contributed by atoms with Crippen LogP contribution in [0.3, 0.4) is 0 Å². The third-order valence-corrected chi connectivity index (χ3v) is 11.5. The Bertz CT molecular complexity index is 1250. The second-order valence-corrected chi connectivity index (χ2v) is 16.3. The van der Waals surface area contributed by atoms with Gasteiger partial charge in [-0.2, -0.15) is 10.7 Å². The third kappa shape index (κ3) is 8.58. The summed E-state index contributed by atoms with van der Waals surface area (Å²) >= 11 is 0. The Kier molecular flexibility index (Phi) is 11.2. The predicted molar refractivity (Wildman–Crippen MR) is 182 cm³/mol. The molecule has 4 aliphatic heterocycles. The number of ether oxygens (including phenoxy) is 1. The van der Waals surface area contributed by atoms with Crippen molar-refractivity contribution in [3.05, 3.63) is 12.2 Å². The van der Waals surface area contributed by atoms with Crippen LogP contribution in [-0.4, -0.2) is 94.1 Å². The van der Waals surface area contributed by atoms with E-state index in [9.17, 15) is 24.3 Å². The number of nitrogens with zero attached hydrogens (tertiary/aromatic N) is 2. The number of alkyl carbamates (subject to hydrolysis) is 1. The second-order valence-electron chi connectivity index (χ2n) is 16.3. The maximum atomic E-state index is 14.3. The topological polar surface area (TPSA) is 176 Å². The minimum Gasteiger partial charge on any atom is -0.479 e. The molecule has 0 radical (unpaired) electrons. The van der Waals surface area contributed by atoms with E-state index in [2.05, 4.69) is 32.3 Å². The van der Waals surface area contributed by atoms with E-state index in [4.69, 9.17) is 4.74 Å². The second kappa shape index (κ2) is 15.2. The number of carboxylic acid groups (broad SMARTS) is 1. The van der Waals surface area contributed by atoms with Crippen molar-refractivity contribution in [2.75, 3.05) is 19.6 Å². The van der Waals surface area contributed by atoms with E-state index in [1.165, 1.54) is 37.0 Å². The van der Waals surface area contributed by atoms with Gasteiger partial charge >= 0.3 is 12.1 Å². The van der Waals surface area contributed by atoms with Gasteiger partial charge in [0.05, 0.1) is 12.2 Å². The van der Waals surface area contributed by atoms with Gasteiger partial charge in [0.15, 0.2) is 0 Å². The number of aliphatic carboxylic acids is 1. The first-order chi connectivity index (χ1) is 23.4. The smallest absolute Gasteiger partial charge is 0.408 e. The van der Waals surface area contributed by atoms with Crippen LogP contribution in [-0.2, 0) is 19.1 Å². The van der Waals surface area contributed by atoms with Gasteiger partial charge in [-0.15, -0.1) is 0 Å². The van der Waals surface area contributed by atoms with E-state index in [-0.39, 0.29) is 37.0 Å². The number of carbonyl (C=O) groups excluding carboxylic acids is 3. The standard InChI is InChI=1S/C35H58N8O6/c1-34(2,3)49-33(48)37-27-15-11-6-4-5-10-14-25-18-35(25,32(46)47)38-30(44)28-17-26(21-42(28)31(27)45)43-40-29(39-41-43)24-16-23(19-36-20-24)22-12-8-7-9-13-22/h10,14,22-29,36,39-41H,4-9,11-13,15-21H2,1-3H3,(H,37,48)(H,38,44)(H,46,47)/b14-10-/t23?,24?,25-,26-,27+,28+,29?,35-/m1/s1. The molecular formula is C35H58N8O6. The van der Waals surface area contributed by atoms with Crippen LogP contribution in [0.5, 0.6) is 0 Å². The molecule has 0 bridgehead atoms. The molecule has 3 saturated heterocycles. The van der Waals surface area contributed by atoms with Crippen LogP contribution in [0.4, 0.5) is 4.79 Å². The van der Waals surface area contributed by atoms with Gasteiger partial charge in [-0.1, -0.05) is 57.1 Å². The summed E-state index contributed by atoms with van der Waals surface area (Å²) in [6, 6.07) is -2.09. The molecule has 0 aromatic carbocycles. The number of amides is 3. The molecule has 6 aliphatic rings. The first-order valence-electron chi connectivity index (χ1n) is 18.7. The number of hydrogen-bond donors (Lipinski definition) is 7. The van der Waals surface area contributed by atoms with Gasteiger partial charge in [0.25, 0.3) is 0 Å². The summed E-state index contributed by atoms with van der Waals surface area (Å²) in [5.74, 6) is -0.441. The molecule has 14 nitrogen and oxygen atoms in total. The lowest BCUT2D eigenvalue weighted by molar-refractivity contribution is -0.145. The largest absolute Gasteiger partial charge is 0.479 e. The van der Waals surface area contributed by atoms with Gasteiger partial charge in [-0.3, -0.25) is 9.59 Å². The van der Waals surface area contributed by atoms with Crippen molar-refractivity contribution in [2.45, 2.75) is 140 Å². The monoisotopic (exact) mass is 686 g/mol. The van der Waals surface area contributed by atoms with Crippen molar-refractivity contribution in [1.82, 2.24) is 42.4 Å². The molecule has 4 heterocycles. The summed E-state index contributed by atoms with van der Waals surface area (Å²) in [5.41, 5.74) is 8.15. The molecule has 8 atom stereocenters. The summed E-state index contributed by atoms with van der Waals surface area (Å²) in [4.78, 5) is 55.2. The van der Waals surface area contributed by atoms with E-state index in [1.807, 2.05) is 17.3 Å². The van der Waals surface area contributed by atoms with E-state index in [0.717, 1.165) is 44.7 Å². The molecular weight excluding hydrogens is 628 g/mol. The normalized spacial score (nSPS) is 37.6. The maximum Gasteiger partial charge on any atom is 0.408 e. The van der Waals surface area contributed by atoms with Crippen LogP contribution in [0.2, 0.25) is 0 Å². The van der Waals surface area contributed by atoms with Crippen molar-refractivity contribution < 1.29 is 29.0 Å². The van der Waals surface area contributed by atoms with Crippen molar-refractivity contribution in [2.24, 2.45) is 23.7 Å². The molecule has 3 amide bonds. The fraction of sp³-hybridized carbons (Fsp3) is 0.829. The van der Waals surface area contributed by atoms with Crippen LogP contribution in [0, 0.1) is 23.7 Å². The van der Waals surface area contributed by atoms with Gasteiger partial charge in [0.2, 0.25) is 11.8 Å². The zero-order valence-corrected chi connectivity index (χ0v) is 29.5. The first kappa shape index (κ1) is 36.0. The molecule has 49 heavy (non-hydrogen) atoms. The molecule has 0 spiro atoms. The predicted octanol–water partition coefficient (Wildman–Crippen LogP) is 2.29. The fourth-order valence-electron chi connectivity index (χ4n) is 8.72. The molecule has 2 saturated carbocycles. The summed E-state index contributed by atoms with van der Waals surface area (Å²) in [5, 5.41) is 21.4. The highest BCUT2D eigenvalue weighted by Gasteiger charge is 2.61. The van der Waals surface area contributed by atoms with Crippen molar-refractivity contribution in [3.63, 3.8) is 0 Å². The van der Waals surface area contributed by atoms with Crippen molar-refractivity contribution in [1.29, 1.82) is 0 Å². The molecule has 6 rings (SSSR count). The average molecular weight is 687 g/mol. The van der Waals surface area contributed by atoms with E-state index in [1.54, 1.807) is 20.8 Å². The fourth-order valence-corrected chi connectivity index (χ4v) is 8.72. The highest BCUT2D eigenvalue weighted by molar-refractivity contribution is 5.96. The number of allylic oxidation sites excluding steroid dienone is 1. The summed E-state index contributed by atoms with van der Waals surface area (Å²) < 4.78 is 5.51. The zero-order chi connectivity index (χ0) is 34.8. The molecule has 7 N–H and O–H groups in total. The Morgan fingerprint density at radius 3 is 2.47 bits per heavy atom.